The lowest BCUT2D eigenvalue weighted by atomic mass is 10.1. The van der Waals surface area contributed by atoms with Crippen LogP contribution >= 0.6 is 0 Å². The molecule has 3 N–H and O–H groups in total. The molecule has 0 saturated heterocycles. The van der Waals surface area contributed by atoms with Gasteiger partial charge in [0.2, 0.25) is 5.91 Å². The molecule has 9 nitrogen and oxygen atoms in total. The number of carbonyl (C=O) groups is 2. The van der Waals surface area contributed by atoms with Gasteiger partial charge in [0.05, 0.1) is 31.6 Å². The molecule has 0 fully saturated rings. The average molecular weight is 590 g/mol. The number of imidazole rings is 1. The SMILES string of the molecule is COc1ccc(CCC(=O)Nc2ccc3ccn(CC[C@H](CO[Si](C)(C)C(C)(C)C)n4cnc(C(N)=O)c4)c3c2)cc1. The molecule has 224 valence electrons. The van der Waals surface area contributed by atoms with E-state index < -0.39 is 14.2 Å². The van der Waals surface area contributed by atoms with Crippen LogP contribution in [0.2, 0.25) is 18.1 Å². The van der Waals surface area contributed by atoms with Gasteiger partial charge in [0.1, 0.15) is 11.4 Å². The van der Waals surface area contributed by atoms with Gasteiger partial charge in [-0.1, -0.05) is 39.0 Å². The fourth-order valence-electron chi connectivity index (χ4n) is 4.52. The zero-order valence-electron chi connectivity index (χ0n) is 25.5. The van der Waals surface area contributed by atoms with Crippen molar-refractivity contribution in [3.63, 3.8) is 0 Å². The highest BCUT2D eigenvalue weighted by Crippen LogP contribution is 2.37. The Bertz CT molecular complexity index is 1520. The normalized spacial score (nSPS) is 12.8. The van der Waals surface area contributed by atoms with Gasteiger partial charge in [-0.15, -0.1) is 0 Å². The van der Waals surface area contributed by atoms with Gasteiger partial charge in [-0.25, -0.2) is 4.98 Å². The van der Waals surface area contributed by atoms with Crippen LogP contribution in [-0.2, 0) is 22.2 Å². The number of nitrogens with one attached hydrogen (secondary N) is 1. The van der Waals surface area contributed by atoms with Crippen LogP contribution in [0.5, 0.6) is 5.75 Å². The lowest BCUT2D eigenvalue weighted by molar-refractivity contribution is -0.116. The molecule has 4 aromatic rings. The predicted octanol–water partition coefficient (Wildman–Crippen LogP) is 6.17. The summed E-state index contributed by atoms with van der Waals surface area (Å²) in [7, 11) is -0.351. The van der Waals surface area contributed by atoms with E-state index in [4.69, 9.17) is 14.9 Å². The first kappa shape index (κ1) is 31.1. The Hall–Kier alpha value is -3.89. The molecule has 42 heavy (non-hydrogen) atoms. The molecule has 0 aliphatic heterocycles. The summed E-state index contributed by atoms with van der Waals surface area (Å²) < 4.78 is 15.9. The van der Waals surface area contributed by atoms with Crippen LogP contribution in [0.1, 0.15) is 55.7 Å². The van der Waals surface area contributed by atoms with Crippen molar-refractivity contribution >= 4 is 36.7 Å². The Labute approximate surface area is 249 Å². The Balaban J connectivity index is 1.44. The number of carbonyl (C=O) groups excluding carboxylic acids is 2. The second-order valence-corrected chi connectivity index (χ2v) is 17.1. The molecular formula is C32H43N5O4Si. The van der Waals surface area contributed by atoms with Crippen LogP contribution in [0.25, 0.3) is 10.9 Å². The molecule has 2 aromatic carbocycles. The van der Waals surface area contributed by atoms with Crippen LogP contribution in [-0.4, -0.2) is 48.0 Å². The highest BCUT2D eigenvalue weighted by atomic mass is 28.4. The number of benzene rings is 2. The minimum Gasteiger partial charge on any atom is -0.497 e. The third-order valence-corrected chi connectivity index (χ3v) is 12.8. The Morgan fingerprint density at radius 1 is 1.10 bits per heavy atom. The number of rotatable bonds is 13. The van der Waals surface area contributed by atoms with E-state index in [-0.39, 0.29) is 22.7 Å². The number of fused-ring (bicyclic) bond motifs is 1. The Kier molecular flexibility index (Phi) is 9.58. The fourth-order valence-corrected chi connectivity index (χ4v) is 5.56. The van der Waals surface area contributed by atoms with Crippen molar-refractivity contribution in [1.82, 2.24) is 14.1 Å². The lowest BCUT2D eigenvalue weighted by Crippen LogP contribution is -2.42. The highest BCUT2D eigenvalue weighted by molar-refractivity contribution is 6.74. The summed E-state index contributed by atoms with van der Waals surface area (Å²) >= 11 is 0. The third kappa shape index (κ3) is 7.68. The van der Waals surface area contributed by atoms with Crippen molar-refractivity contribution in [2.45, 2.75) is 70.8 Å². The van der Waals surface area contributed by atoms with Crippen molar-refractivity contribution in [2.75, 3.05) is 19.0 Å². The Morgan fingerprint density at radius 2 is 1.83 bits per heavy atom. The molecule has 2 heterocycles. The maximum atomic E-state index is 12.7. The van der Waals surface area contributed by atoms with E-state index in [0.29, 0.717) is 26.0 Å². The maximum absolute atomic E-state index is 12.7. The van der Waals surface area contributed by atoms with Crippen molar-refractivity contribution in [3.8, 4) is 5.75 Å². The van der Waals surface area contributed by atoms with Crippen LogP contribution in [0.4, 0.5) is 5.69 Å². The van der Waals surface area contributed by atoms with E-state index in [0.717, 1.165) is 34.3 Å². The first-order valence-electron chi connectivity index (χ1n) is 14.4. The summed E-state index contributed by atoms with van der Waals surface area (Å²) in [6.45, 7) is 12.4. The second-order valence-electron chi connectivity index (χ2n) is 12.3. The number of methoxy groups -OCH3 is 1. The molecular weight excluding hydrogens is 546 g/mol. The molecule has 0 radical (unpaired) electrons. The zero-order valence-corrected chi connectivity index (χ0v) is 26.5. The third-order valence-electron chi connectivity index (χ3n) is 8.28. The largest absolute Gasteiger partial charge is 0.497 e. The topological polar surface area (TPSA) is 113 Å². The molecule has 10 heteroatoms. The minimum atomic E-state index is -1.99. The number of aryl methyl sites for hydroxylation is 2. The van der Waals surface area contributed by atoms with Gasteiger partial charge in [-0.3, -0.25) is 9.59 Å². The second kappa shape index (κ2) is 13.0. The number of hydrogen-bond donors (Lipinski definition) is 2. The number of nitrogens with two attached hydrogens (primary N) is 1. The average Bonchev–Trinajstić information content (AvgIpc) is 3.59. The number of amides is 2. The number of nitrogens with zero attached hydrogens (tertiary/aromatic N) is 3. The molecule has 0 aliphatic carbocycles. The molecule has 0 unspecified atom stereocenters. The molecule has 1 atom stereocenters. The predicted molar refractivity (Wildman–Crippen MR) is 169 cm³/mol. The first-order valence-corrected chi connectivity index (χ1v) is 17.3. The first-order chi connectivity index (χ1) is 19.9. The molecule has 4 rings (SSSR count). The quantitative estimate of drug-likeness (QED) is 0.181. The summed E-state index contributed by atoms with van der Waals surface area (Å²) in [6.07, 6.45) is 7.22. The van der Waals surface area contributed by atoms with Gasteiger partial charge < -0.3 is 29.3 Å². The summed E-state index contributed by atoms with van der Waals surface area (Å²) in [5.74, 6) is 0.221. The zero-order chi connectivity index (χ0) is 30.5. The highest BCUT2D eigenvalue weighted by Gasteiger charge is 2.37. The summed E-state index contributed by atoms with van der Waals surface area (Å²) in [5.41, 5.74) is 8.60. The molecule has 0 aliphatic rings. The van der Waals surface area contributed by atoms with Crippen molar-refractivity contribution in [2.24, 2.45) is 5.73 Å². The Morgan fingerprint density at radius 3 is 2.48 bits per heavy atom. The molecule has 0 spiro atoms. The van der Waals surface area contributed by atoms with Gasteiger partial charge in [0.25, 0.3) is 5.91 Å². The van der Waals surface area contributed by atoms with Crippen LogP contribution in [0.3, 0.4) is 0 Å². The number of ether oxygens (including phenoxy) is 1. The van der Waals surface area contributed by atoms with E-state index in [1.165, 1.54) is 0 Å². The minimum absolute atomic E-state index is 0.0296. The van der Waals surface area contributed by atoms with E-state index in [9.17, 15) is 9.59 Å². The lowest BCUT2D eigenvalue weighted by Gasteiger charge is -2.37. The summed E-state index contributed by atoms with van der Waals surface area (Å²) in [4.78, 5) is 28.6. The van der Waals surface area contributed by atoms with Crippen LogP contribution < -0.4 is 15.8 Å². The molecule has 0 saturated carbocycles. The van der Waals surface area contributed by atoms with Gasteiger partial charge in [-0.05, 0) is 72.3 Å². The summed E-state index contributed by atoms with van der Waals surface area (Å²) in [5, 5.41) is 4.23. The standard InChI is InChI=1S/C32H43N5O4Si/c1-32(2,3)42(5,6)41-21-26(37-20-28(31(33)39)34-22-37)16-18-36-17-15-24-10-11-25(19-29(24)36)35-30(38)14-9-23-7-12-27(40-4)13-8-23/h7-8,10-13,15,17,19-20,22,26H,9,14,16,18,21H2,1-6H3,(H2,33,39)(H,35,38)/t26-/m1/s1. The van der Waals surface area contributed by atoms with Gasteiger partial charge in [0.15, 0.2) is 8.32 Å². The monoisotopic (exact) mass is 589 g/mol. The molecule has 2 aromatic heterocycles. The number of hydrogen-bond acceptors (Lipinski definition) is 5. The van der Waals surface area contributed by atoms with E-state index in [1.54, 1.807) is 19.6 Å². The smallest absolute Gasteiger partial charge is 0.268 e. The van der Waals surface area contributed by atoms with Crippen molar-refractivity contribution in [1.29, 1.82) is 0 Å². The molecule has 0 bridgehead atoms. The van der Waals surface area contributed by atoms with Gasteiger partial charge in [-0.2, -0.15) is 0 Å². The van der Waals surface area contributed by atoms with Crippen LogP contribution in [0, 0.1) is 0 Å². The van der Waals surface area contributed by atoms with E-state index >= 15 is 0 Å². The van der Waals surface area contributed by atoms with Crippen molar-refractivity contribution < 1.29 is 18.8 Å². The number of aromatic nitrogens is 3. The van der Waals surface area contributed by atoms with Gasteiger partial charge in [0, 0.05) is 31.0 Å². The number of primary amides is 1. The number of anilines is 1. The van der Waals surface area contributed by atoms with E-state index in [2.05, 4.69) is 61.0 Å². The maximum Gasteiger partial charge on any atom is 0.268 e. The summed E-state index contributed by atoms with van der Waals surface area (Å²) in [6, 6.07) is 15.8. The van der Waals surface area contributed by atoms with Gasteiger partial charge >= 0.3 is 0 Å². The van der Waals surface area contributed by atoms with Crippen molar-refractivity contribution in [3.05, 3.63) is 78.5 Å². The fraction of sp³-hybridized carbons (Fsp3) is 0.406. The van der Waals surface area contributed by atoms with E-state index in [1.807, 2.05) is 47.0 Å². The van der Waals surface area contributed by atoms with Crippen LogP contribution in [0.15, 0.2) is 67.3 Å². The molecule has 2 amide bonds.